The first kappa shape index (κ1) is 16.1. The molecule has 0 radical (unpaired) electrons. The number of amides is 2. The zero-order valence-electron chi connectivity index (χ0n) is 13.2. The van der Waals surface area contributed by atoms with Gasteiger partial charge in [-0.25, -0.2) is 9.59 Å². The van der Waals surface area contributed by atoms with E-state index in [1.165, 1.54) is 19.3 Å². The average molecular weight is 296 g/mol. The molecule has 5 heteroatoms. The maximum Gasteiger partial charge on any atom is 0.329 e. The lowest BCUT2D eigenvalue weighted by Gasteiger charge is -2.39. The number of aliphatic carboxylic acids is 1. The normalized spacial score (nSPS) is 29.5. The molecule has 2 fully saturated rings. The predicted molar refractivity (Wildman–Crippen MR) is 81.1 cm³/mol. The maximum atomic E-state index is 12.5. The minimum Gasteiger partial charge on any atom is -0.480 e. The summed E-state index contributed by atoms with van der Waals surface area (Å²) in [6, 6.07) is -0.207. The number of hydrogen-bond donors (Lipinski definition) is 2. The molecule has 21 heavy (non-hydrogen) atoms. The fourth-order valence-electron chi connectivity index (χ4n) is 3.54. The van der Waals surface area contributed by atoms with E-state index in [0.717, 1.165) is 19.4 Å². The van der Waals surface area contributed by atoms with E-state index >= 15 is 0 Å². The highest BCUT2D eigenvalue weighted by Gasteiger charge is 2.44. The van der Waals surface area contributed by atoms with Crippen LogP contribution in [0.25, 0.3) is 0 Å². The van der Waals surface area contributed by atoms with Crippen LogP contribution in [0.3, 0.4) is 0 Å². The third-order valence-electron chi connectivity index (χ3n) is 5.13. The number of nitrogens with one attached hydrogen (secondary N) is 1. The topological polar surface area (TPSA) is 69.6 Å². The third-order valence-corrected chi connectivity index (χ3v) is 5.13. The van der Waals surface area contributed by atoms with Crippen molar-refractivity contribution >= 4 is 12.0 Å². The van der Waals surface area contributed by atoms with E-state index in [0.29, 0.717) is 31.2 Å². The predicted octanol–water partition coefficient (Wildman–Crippen LogP) is 2.85. The number of urea groups is 1. The Kier molecular flexibility index (Phi) is 5.12. The minimum atomic E-state index is -1.07. The van der Waals surface area contributed by atoms with Crippen molar-refractivity contribution in [3.8, 4) is 0 Å². The van der Waals surface area contributed by atoms with E-state index in [9.17, 15) is 14.7 Å². The van der Waals surface area contributed by atoms with Crippen LogP contribution < -0.4 is 5.32 Å². The largest absolute Gasteiger partial charge is 0.480 e. The second kappa shape index (κ2) is 6.67. The highest BCUT2D eigenvalue weighted by atomic mass is 16.4. The van der Waals surface area contributed by atoms with E-state index < -0.39 is 11.5 Å². The van der Waals surface area contributed by atoms with Crippen LogP contribution in [0, 0.1) is 11.8 Å². The molecule has 2 atom stereocenters. The highest BCUT2D eigenvalue weighted by molar-refractivity contribution is 5.86. The van der Waals surface area contributed by atoms with Crippen LogP contribution in [0.5, 0.6) is 0 Å². The molecule has 2 unspecified atom stereocenters. The molecule has 0 aromatic carbocycles. The number of carboxylic acid groups (broad SMARTS) is 1. The molecule has 0 aromatic rings. The first-order valence-electron chi connectivity index (χ1n) is 8.27. The maximum absolute atomic E-state index is 12.5. The zero-order chi connectivity index (χ0) is 15.5. The molecule has 2 rings (SSSR count). The van der Waals surface area contributed by atoms with Crippen molar-refractivity contribution < 1.29 is 14.7 Å². The molecular weight excluding hydrogens is 268 g/mol. The minimum absolute atomic E-state index is 0.207. The van der Waals surface area contributed by atoms with Crippen LogP contribution >= 0.6 is 0 Å². The summed E-state index contributed by atoms with van der Waals surface area (Å²) < 4.78 is 0. The number of carbonyl (C=O) groups excluding carboxylic acids is 1. The molecule has 2 aliphatic carbocycles. The summed E-state index contributed by atoms with van der Waals surface area (Å²) in [5.41, 5.74) is -1.07. The van der Waals surface area contributed by atoms with Crippen molar-refractivity contribution in [3.63, 3.8) is 0 Å². The van der Waals surface area contributed by atoms with E-state index in [1.807, 2.05) is 6.92 Å². The summed E-state index contributed by atoms with van der Waals surface area (Å²) in [5, 5.41) is 12.5. The van der Waals surface area contributed by atoms with Crippen molar-refractivity contribution in [2.24, 2.45) is 11.8 Å². The molecule has 2 N–H and O–H groups in total. The Morgan fingerprint density at radius 3 is 2.48 bits per heavy atom. The lowest BCUT2D eigenvalue weighted by Crippen LogP contribution is -2.60. The van der Waals surface area contributed by atoms with Gasteiger partial charge in [0.25, 0.3) is 0 Å². The van der Waals surface area contributed by atoms with Gasteiger partial charge in [0, 0.05) is 13.1 Å². The van der Waals surface area contributed by atoms with Gasteiger partial charge in [-0.05, 0) is 44.4 Å². The summed E-state index contributed by atoms with van der Waals surface area (Å²) in [5.74, 6) is 0.0562. The number of carboxylic acids is 1. The number of carbonyl (C=O) groups is 2. The van der Waals surface area contributed by atoms with Crippen molar-refractivity contribution in [2.45, 2.75) is 64.3 Å². The Hall–Kier alpha value is -1.26. The fourth-order valence-corrected chi connectivity index (χ4v) is 3.54. The van der Waals surface area contributed by atoms with Gasteiger partial charge in [-0.2, -0.15) is 0 Å². The van der Waals surface area contributed by atoms with Gasteiger partial charge in [0.2, 0.25) is 0 Å². The van der Waals surface area contributed by atoms with Crippen molar-refractivity contribution in [3.05, 3.63) is 0 Å². The molecule has 0 aromatic heterocycles. The Labute approximate surface area is 127 Å². The number of rotatable bonds is 5. The Morgan fingerprint density at radius 2 is 2.00 bits per heavy atom. The highest BCUT2D eigenvalue weighted by Crippen LogP contribution is 2.33. The quantitative estimate of drug-likeness (QED) is 0.819. The average Bonchev–Trinajstić information content (AvgIpc) is 2.37. The smallest absolute Gasteiger partial charge is 0.329 e. The molecule has 2 saturated carbocycles. The Bertz CT molecular complexity index is 395. The molecule has 0 aliphatic heterocycles. The second-order valence-electron chi connectivity index (χ2n) is 6.85. The fraction of sp³-hybridized carbons (Fsp3) is 0.875. The van der Waals surface area contributed by atoms with Crippen molar-refractivity contribution in [1.82, 2.24) is 10.2 Å². The van der Waals surface area contributed by atoms with E-state index in [4.69, 9.17) is 0 Å². The molecule has 5 nitrogen and oxygen atoms in total. The van der Waals surface area contributed by atoms with Gasteiger partial charge in [0.05, 0.1) is 0 Å². The van der Waals surface area contributed by atoms with E-state index in [-0.39, 0.29) is 6.03 Å². The van der Waals surface area contributed by atoms with Crippen LogP contribution in [-0.2, 0) is 4.79 Å². The molecular formula is C16H28N2O3. The monoisotopic (exact) mass is 296 g/mol. The van der Waals surface area contributed by atoms with Gasteiger partial charge >= 0.3 is 12.0 Å². The number of nitrogens with zero attached hydrogens (tertiary/aromatic N) is 1. The van der Waals surface area contributed by atoms with E-state index in [2.05, 4.69) is 12.2 Å². The first-order chi connectivity index (χ1) is 9.97. The second-order valence-corrected chi connectivity index (χ2v) is 6.85. The SMILES string of the molecule is CCN(CC1CCC1)C(=O)NC1(C(=O)O)CCCC(C)C1. The molecule has 120 valence electrons. The van der Waals surface area contributed by atoms with Crippen molar-refractivity contribution in [1.29, 1.82) is 0 Å². The van der Waals surface area contributed by atoms with Gasteiger partial charge in [0.15, 0.2) is 0 Å². The standard InChI is InChI=1S/C16H28N2O3/c1-3-18(11-13-7-4-8-13)15(21)17-16(14(19)20)9-5-6-12(2)10-16/h12-13H,3-11H2,1-2H3,(H,17,21)(H,19,20). The van der Waals surface area contributed by atoms with Crippen LogP contribution in [0.2, 0.25) is 0 Å². The van der Waals surface area contributed by atoms with Crippen LogP contribution in [-0.4, -0.2) is 40.6 Å². The molecule has 2 amide bonds. The van der Waals surface area contributed by atoms with Gasteiger partial charge in [0.1, 0.15) is 5.54 Å². The molecule has 0 saturated heterocycles. The Balaban J connectivity index is 2.00. The summed E-state index contributed by atoms with van der Waals surface area (Å²) in [4.78, 5) is 26.0. The van der Waals surface area contributed by atoms with Crippen molar-refractivity contribution in [2.75, 3.05) is 13.1 Å². The van der Waals surface area contributed by atoms with E-state index in [1.54, 1.807) is 4.90 Å². The molecule has 2 aliphatic rings. The van der Waals surface area contributed by atoms with Gasteiger partial charge < -0.3 is 15.3 Å². The van der Waals surface area contributed by atoms with Gasteiger partial charge in [-0.3, -0.25) is 0 Å². The number of hydrogen-bond acceptors (Lipinski definition) is 2. The summed E-state index contributed by atoms with van der Waals surface area (Å²) in [6.45, 7) is 5.41. The van der Waals surface area contributed by atoms with Crippen LogP contribution in [0.1, 0.15) is 58.8 Å². The Morgan fingerprint density at radius 1 is 1.29 bits per heavy atom. The molecule has 0 bridgehead atoms. The van der Waals surface area contributed by atoms with Crippen LogP contribution in [0.4, 0.5) is 4.79 Å². The molecule has 0 spiro atoms. The third kappa shape index (κ3) is 3.69. The zero-order valence-corrected chi connectivity index (χ0v) is 13.2. The summed E-state index contributed by atoms with van der Waals surface area (Å²) in [7, 11) is 0. The van der Waals surface area contributed by atoms with Crippen LogP contribution in [0.15, 0.2) is 0 Å². The van der Waals surface area contributed by atoms with Gasteiger partial charge in [-0.15, -0.1) is 0 Å². The van der Waals surface area contributed by atoms with Gasteiger partial charge in [-0.1, -0.05) is 26.2 Å². The lowest BCUT2D eigenvalue weighted by atomic mass is 9.76. The first-order valence-corrected chi connectivity index (χ1v) is 8.27. The summed E-state index contributed by atoms with van der Waals surface area (Å²) >= 11 is 0. The lowest BCUT2D eigenvalue weighted by molar-refractivity contribution is -0.146. The summed E-state index contributed by atoms with van der Waals surface area (Å²) in [6.07, 6.45) is 6.61. The molecule has 0 heterocycles.